The monoisotopic (exact) mass is 396 g/mol. The van der Waals surface area contributed by atoms with E-state index in [1.165, 1.54) is 19.4 Å². The Morgan fingerprint density at radius 1 is 1.08 bits per heavy atom. The number of hydrogen-bond acceptors (Lipinski definition) is 4. The van der Waals surface area contributed by atoms with Gasteiger partial charge in [0, 0.05) is 11.8 Å². The maximum absolute atomic E-state index is 12.8. The van der Waals surface area contributed by atoms with Crippen molar-refractivity contribution in [1.29, 1.82) is 0 Å². The van der Waals surface area contributed by atoms with E-state index in [2.05, 4.69) is 4.98 Å². The molecular formula is C17H11Cl3N2O3. The summed E-state index contributed by atoms with van der Waals surface area (Å²) < 4.78 is 3.04. The van der Waals surface area contributed by atoms with Crippen LogP contribution in [0.4, 0.5) is 5.82 Å². The molecular weight excluding hydrogens is 387 g/mol. The first-order chi connectivity index (χ1) is 11.9. The Kier molecular flexibility index (Phi) is 4.73. The van der Waals surface area contributed by atoms with Crippen molar-refractivity contribution in [3.8, 4) is 5.75 Å². The summed E-state index contributed by atoms with van der Waals surface area (Å²) in [5.74, 6) is -0.892. The number of carbonyl (C=O) groups is 2. The highest BCUT2D eigenvalue weighted by molar-refractivity contribution is 6.70. The van der Waals surface area contributed by atoms with Gasteiger partial charge in [0.15, 0.2) is 0 Å². The Bertz CT molecular complexity index is 864. The molecule has 25 heavy (non-hydrogen) atoms. The second-order valence-electron chi connectivity index (χ2n) is 5.13. The van der Waals surface area contributed by atoms with Crippen LogP contribution in [0.1, 0.15) is 5.56 Å². The average Bonchev–Trinajstić information content (AvgIpc) is 2.62. The molecule has 0 N–H and O–H groups in total. The number of ether oxygens (including phenoxy) is 1. The number of halogens is 3. The number of alkyl halides is 2. The van der Waals surface area contributed by atoms with Gasteiger partial charge in [0.2, 0.25) is 4.33 Å². The summed E-state index contributed by atoms with van der Waals surface area (Å²) in [6, 6.07) is 11.3. The van der Waals surface area contributed by atoms with E-state index >= 15 is 0 Å². The van der Waals surface area contributed by atoms with Gasteiger partial charge in [0.1, 0.15) is 16.6 Å². The summed E-state index contributed by atoms with van der Waals surface area (Å²) in [7, 11) is 1.52. The van der Waals surface area contributed by atoms with Crippen LogP contribution in [-0.4, -0.2) is 28.2 Å². The van der Waals surface area contributed by atoms with Gasteiger partial charge in [-0.1, -0.05) is 53.0 Å². The number of aromatic nitrogens is 1. The van der Waals surface area contributed by atoms with E-state index in [1.807, 2.05) is 0 Å². The second-order valence-corrected chi connectivity index (χ2v) is 6.83. The van der Waals surface area contributed by atoms with Crippen molar-refractivity contribution in [2.45, 2.75) is 4.33 Å². The Morgan fingerprint density at radius 3 is 2.32 bits per heavy atom. The number of amides is 2. The highest BCUT2D eigenvalue weighted by atomic mass is 35.5. The van der Waals surface area contributed by atoms with Gasteiger partial charge < -0.3 is 4.74 Å². The molecule has 0 aliphatic carbocycles. The molecule has 0 fully saturated rings. The average molecular weight is 398 g/mol. The minimum atomic E-state index is -2.04. The van der Waals surface area contributed by atoms with Crippen molar-refractivity contribution in [3.05, 3.63) is 59.3 Å². The molecule has 128 valence electrons. The molecule has 0 saturated carbocycles. The van der Waals surface area contributed by atoms with Crippen LogP contribution in [0.2, 0.25) is 0 Å². The van der Waals surface area contributed by atoms with Crippen molar-refractivity contribution in [3.63, 3.8) is 0 Å². The van der Waals surface area contributed by atoms with Crippen LogP contribution in [0, 0.1) is 0 Å². The number of nitrogens with zero attached hydrogens (tertiary/aromatic N) is 2. The molecule has 1 aliphatic rings. The summed E-state index contributed by atoms with van der Waals surface area (Å²) in [5, 5.41) is -0.250. The van der Waals surface area contributed by atoms with Gasteiger partial charge in [0.05, 0.1) is 7.11 Å². The van der Waals surface area contributed by atoms with Gasteiger partial charge in [-0.15, -0.1) is 0 Å². The zero-order valence-corrected chi connectivity index (χ0v) is 15.1. The molecule has 2 heterocycles. The van der Waals surface area contributed by atoms with E-state index in [1.54, 1.807) is 36.4 Å². The van der Waals surface area contributed by atoms with Gasteiger partial charge in [-0.05, 0) is 29.8 Å². The predicted molar refractivity (Wildman–Crippen MR) is 96.9 cm³/mol. The van der Waals surface area contributed by atoms with E-state index in [-0.39, 0.29) is 16.4 Å². The standard InChI is InChI=1S/C17H11Cl3N2O3/c1-25-11-7-5-10(6-8-11)13-14(18)15(23)22(16(24)17(13,19)20)12-4-2-3-9-21-12/h2-9H,1H3. The third-order valence-electron chi connectivity index (χ3n) is 3.65. The molecule has 2 aromatic rings. The lowest BCUT2D eigenvalue weighted by Gasteiger charge is -2.34. The number of carbonyl (C=O) groups excluding carboxylic acids is 2. The molecule has 3 rings (SSSR count). The van der Waals surface area contributed by atoms with Crippen LogP contribution in [0.15, 0.2) is 53.7 Å². The molecule has 2 amide bonds. The van der Waals surface area contributed by atoms with Crippen LogP contribution in [0.3, 0.4) is 0 Å². The van der Waals surface area contributed by atoms with E-state index in [0.717, 1.165) is 4.90 Å². The predicted octanol–water partition coefficient (Wildman–Crippen LogP) is 3.79. The summed E-state index contributed by atoms with van der Waals surface area (Å²) in [6.07, 6.45) is 1.44. The molecule has 0 bridgehead atoms. The lowest BCUT2D eigenvalue weighted by molar-refractivity contribution is -0.124. The van der Waals surface area contributed by atoms with Crippen LogP contribution in [-0.2, 0) is 9.59 Å². The SMILES string of the molecule is COc1ccc(C2=C(Cl)C(=O)N(c3ccccn3)C(=O)C2(Cl)Cl)cc1. The topological polar surface area (TPSA) is 59.5 Å². The molecule has 1 aromatic heterocycles. The minimum Gasteiger partial charge on any atom is -0.497 e. The van der Waals surface area contributed by atoms with Gasteiger partial charge in [-0.25, -0.2) is 9.88 Å². The van der Waals surface area contributed by atoms with Gasteiger partial charge in [-0.2, -0.15) is 0 Å². The maximum Gasteiger partial charge on any atom is 0.278 e. The van der Waals surface area contributed by atoms with E-state index in [4.69, 9.17) is 39.5 Å². The fourth-order valence-corrected chi connectivity index (χ4v) is 3.45. The molecule has 0 unspecified atom stereocenters. The first-order valence-electron chi connectivity index (χ1n) is 7.10. The maximum atomic E-state index is 12.8. The number of pyridine rings is 1. The van der Waals surface area contributed by atoms with Crippen molar-refractivity contribution in [2.75, 3.05) is 12.0 Å². The molecule has 0 spiro atoms. The minimum absolute atomic E-state index is 0.0299. The van der Waals surface area contributed by atoms with Gasteiger partial charge >= 0.3 is 0 Å². The third-order valence-corrected chi connectivity index (χ3v) is 4.71. The fraction of sp³-hybridized carbons (Fsp3) is 0.118. The van der Waals surface area contributed by atoms with E-state index < -0.39 is 16.1 Å². The molecule has 1 aliphatic heterocycles. The summed E-state index contributed by atoms with van der Waals surface area (Å²) in [5.41, 5.74) is 0.473. The smallest absolute Gasteiger partial charge is 0.278 e. The first-order valence-corrected chi connectivity index (χ1v) is 8.23. The highest BCUT2D eigenvalue weighted by Crippen LogP contribution is 2.46. The Hall–Kier alpha value is -2.08. The number of imide groups is 1. The molecule has 0 radical (unpaired) electrons. The van der Waals surface area contributed by atoms with Crippen molar-refractivity contribution in [2.24, 2.45) is 0 Å². The van der Waals surface area contributed by atoms with Crippen molar-refractivity contribution >= 4 is 58.0 Å². The first kappa shape index (κ1) is 17.7. The zero-order valence-electron chi connectivity index (χ0n) is 12.9. The number of benzene rings is 1. The molecule has 5 nitrogen and oxygen atoms in total. The Balaban J connectivity index is 2.14. The van der Waals surface area contributed by atoms with Gasteiger partial charge in [0.25, 0.3) is 11.8 Å². The molecule has 0 saturated heterocycles. The van der Waals surface area contributed by atoms with Crippen LogP contribution < -0.4 is 9.64 Å². The quantitative estimate of drug-likeness (QED) is 0.584. The molecule has 8 heteroatoms. The molecule has 0 atom stereocenters. The number of rotatable bonds is 3. The van der Waals surface area contributed by atoms with Crippen LogP contribution >= 0.6 is 34.8 Å². The summed E-state index contributed by atoms with van der Waals surface area (Å²) in [6.45, 7) is 0. The zero-order chi connectivity index (χ0) is 18.2. The normalized spacial score (nSPS) is 17.0. The van der Waals surface area contributed by atoms with Crippen molar-refractivity contribution < 1.29 is 14.3 Å². The number of anilines is 1. The fourth-order valence-electron chi connectivity index (χ4n) is 2.44. The Labute approximate surface area is 158 Å². The van der Waals surface area contributed by atoms with Crippen molar-refractivity contribution in [1.82, 2.24) is 4.98 Å². The van der Waals surface area contributed by atoms with Gasteiger partial charge in [-0.3, -0.25) is 9.59 Å². The highest BCUT2D eigenvalue weighted by Gasteiger charge is 2.51. The lowest BCUT2D eigenvalue weighted by atomic mass is 9.97. The second kappa shape index (κ2) is 6.67. The molecule has 1 aromatic carbocycles. The number of hydrogen-bond donors (Lipinski definition) is 0. The lowest BCUT2D eigenvalue weighted by Crippen LogP contribution is -2.51. The van der Waals surface area contributed by atoms with E-state index in [9.17, 15) is 9.59 Å². The summed E-state index contributed by atoms with van der Waals surface area (Å²) >= 11 is 18.9. The van der Waals surface area contributed by atoms with E-state index in [0.29, 0.717) is 11.3 Å². The largest absolute Gasteiger partial charge is 0.497 e. The summed E-state index contributed by atoms with van der Waals surface area (Å²) in [4.78, 5) is 30.2. The number of methoxy groups -OCH3 is 1. The van der Waals surface area contributed by atoms with Crippen LogP contribution in [0.25, 0.3) is 5.57 Å². The third kappa shape index (κ3) is 2.99. The Morgan fingerprint density at radius 2 is 1.76 bits per heavy atom. The van der Waals surface area contributed by atoms with Crippen LogP contribution in [0.5, 0.6) is 5.75 Å².